The Bertz CT molecular complexity index is 1830. The van der Waals surface area contributed by atoms with Gasteiger partial charge in [-0.2, -0.15) is 13.2 Å². The maximum Gasteiger partial charge on any atom is 0.416 e. The molecule has 1 N–H and O–H groups in total. The average molecular weight is 693 g/mol. The molecule has 3 aromatic carbocycles. The predicted molar refractivity (Wildman–Crippen MR) is 176 cm³/mol. The van der Waals surface area contributed by atoms with Gasteiger partial charge in [0, 0.05) is 12.2 Å². The first-order valence-electron chi connectivity index (χ1n) is 15.3. The molecule has 2 atom stereocenters. The lowest BCUT2D eigenvalue weighted by Gasteiger charge is -2.23. The number of alkyl halides is 3. The van der Waals surface area contributed by atoms with Gasteiger partial charge in [0.2, 0.25) is 11.8 Å². The zero-order valence-corrected chi connectivity index (χ0v) is 27.0. The number of furan rings is 1. The highest BCUT2D eigenvalue weighted by molar-refractivity contribution is 8.15. The number of carbonyl (C=O) groups excluding carboxylic acids is 3. The van der Waals surface area contributed by atoms with E-state index in [-0.39, 0.29) is 41.6 Å². The number of ether oxygens (including phenoxy) is 2. The number of rotatable bonds is 9. The summed E-state index contributed by atoms with van der Waals surface area (Å²) in [5.74, 6) is -0.137. The lowest BCUT2D eigenvalue weighted by atomic mass is 10.1. The van der Waals surface area contributed by atoms with Crippen LogP contribution >= 0.6 is 11.8 Å². The SMILES string of the molecule is COc1ccc(C(F)(F)F)cc1N=C1SC(c2ccc(NC(=O)[C@@H]3CCCN3C(=O)OCc3ccccc3)cc2)C(=O)N1Cc1ccco1. The van der Waals surface area contributed by atoms with E-state index in [1.165, 1.54) is 29.2 Å². The van der Waals surface area contributed by atoms with E-state index in [1.807, 2.05) is 30.3 Å². The molecule has 2 saturated heterocycles. The van der Waals surface area contributed by atoms with Crippen molar-refractivity contribution in [2.45, 2.75) is 43.5 Å². The molecule has 0 saturated carbocycles. The highest BCUT2D eigenvalue weighted by atomic mass is 32.2. The van der Waals surface area contributed by atoms with Gasteiger partial charge in [-0.1, -0.05) is 54.2 Å². The van der Waals surface area contributed by atoms with Crippen LogP contribution in [-0.2, 0) is 33.7 Å². The van der Waals surface area contributed by atoms with E-state index in [0.717, 1.165) is 29.5 Å². The first-order valence-corrected chi connectivity index (χ1v) is 16.2. The van der Waals surface area contributed by atoms with Crippen LogP contribution in [0.3, 0.4) is 0 Å². The summed E-state index contributed by atoms with van der Waals surface area (Å²) in [7, 11) is 1.32. The van der Waals surface area contributed by atoms with Crippen molar-refractivity contribution in [3.8, 4) is 5.75 Å². The predicted octanol–water partition coefficient (Wildman–Crippen LogP) is 7.55. The number of hydrogen-bond donors (Lipinski definition) is 1. The Labute approximate surface area is 283 Å². The van der Waals surface area contributed by atoms with E-state index in [4.69, 9.17) is 13.9 Å². The fraction of sp³-hybridized carbons (Fsp3) is 0.257. The van der Waals surface area contributed by atoms with Crippen LogP contribution in [0.1, 0.15) is 40.5 Å². The molecule has 2 aliphatic rings. The van der Waals surface area contributed by atoms with E-state index < -0.39 is 29.1 Å². The molecule has 6 rings (SSSR count). The molecule has 254 valence electrons. The van der Waals surface area contributed by atoms with Gasteiger partial charge in [-0.25, -0.2) is 9.79 Å². The molecule has 1 aromatic heterocycles. The lowest BCUT2D eigenvalue weighted by Crippen LogP contribution is -2.43. The van der Waals surface area contributed by atoms with Gasteiger partial charge in [-0.15, -0.1) is 0 Å². The zero-order valence-electron chi connectivity index (χ0n) is 26.2. The molecule has 14 heteroatoms. The first kappa shape index (κ1) is 33.7. The summed E-state index contributed by atoms with van der Waals surface area (Å²) in [6.45, 7) is 0.508. The molecule has 49 heavy (non-hydrogen) atoms. The second-order valence-corrected chi connectivity index (χ2v) is 12.4. The Hall–Kier alpha value is -5.24. The number of halogens is 3. The third-order valence-corrected chi connectivity index (χ3v) is 9.27. The maximum absolute atomic E-state index is 13.7. The van der Waals surface area contributed by atoms with E-state index in [0.29, 0.717) is 36.4 Å². The van der Waals surface area contributed by atoms with Crippen LogP contribution in [0.25, 0.3) is 0 Å². The molecular weight excluding hydrogens is 661 g/mol. The smallest absolute Gasteiger partial charge is 0.416 e. The number of nitrogens with one attached hydrogen (secondary N) is 1. The molecule has 0 aliphatic carbocycles. The van der Waals surface area contributed by atoms with Crippen LogP contribution in [-0.4, -0.2) is 52.6 Å². The van der Waals surface area contributed by atoms with Crippen LogP contribution in [0.4, 0.5) is 29.3 Å². The number of benzene rings is 3. The number of carbonyl (C=O) groups is 3. The minimum Gasteiger partial charge on any atom is -0.494 e. The van der Waals surface area contributed by atoms with Crippen LogP contribution in [0.2, 0.25) is 0 Å². The number of methoxy groups -OCH3 is 1. The molecule has 1 unspecified atom stereocenters. The fourth-order valence-electron chi connectivity index (χ4n) is 5.54. The minimum atomic E-state index is -4.60. The Morgan fingerprint density at radius 3 is 2.51 bits per heavy atom. The lowest BCUT2D eigenvalue weighted by molar-refractivity contribution is -0.137. The standard InChI is InChI=1S/C35H31F3N4O6S/c1-46-29-16-13-24(35(36,37)38)19-27(29)40-33-42(20-26-9-6-18-47-26)32(44)30(49-33)23-11-14-25(15-12-23)39-31(43)28-10-5-17-41(28)34(45)48-21-22-7-3-2-4-8-22/h2-4,6-9,11-16,18-19,28,30H,5,10,17,20-21H2,1H3,(H,39,43)/t28-,30?/m0/s1. The second-order valence-electron chi connectivity index (χ2n) is 11.3. The number of likely N-dealkylation sites (tertiary alicyclic amines) is 1. The number of thioether (sulfide) groups is 1. The monoisotopic (exact) mass is 692 g/mol. The third kappa shape index (κ3) is 7.75. The van der Waals surface area contributed by atoms with Crippen molar-refractivity contribution in [2.24, 2.45) is 4.99 Å². The van der Waals surface area contributed by atoms with Crippen molar-refractivity contribution < 1.29 is 41.4 Å². The van der Waals surface area contributed by atoms with Crippen molar-refractivity contribution in [1.82, 2.24) is 9.80 Å². The highest BCUT2D eigenvalue weighted by Gasteiger charge is 2.40. The first-order chi connectivity index (χ1) is 23.6. The number of anilines is 1. The molecule has 4 aromatic rings. The largest absolute Gasteiger partial charge is 0.494 e. The number of aliphatic imine (C=N–C) groups is 1. The van der Waals surface area contributed by atoms with Gasteiger partial charge in [0.1, 0.15) is 35.1 Å². The van der Waals surface area contributed by atoms with Crippen molar-refractivity contribution in [3.63, 3.8) is 0 Å². The summed E-state index contributed by atoms with van der Waals surface area (Å²) in [6, 6.07) is 21.5. The van der Waals surface area contributed by atoms with Crippen LogP contribution in [0, 0.1) is 0 Å². The molecule has 0 radical (unpaired) electrons. The molecular formula is C35H31F3N4O6S. The molecule has 0 spiro atoms. The molecule has 2 fully saturated rings. The normalized spacial score (nSPS) is 18.6. The number of nitrogens with zero attached hydrogens (tertiary/aromatic N) is 3. The van der Waals surface area contributed by atoms with Crippen LogP contribution in [0.15, 0.2) is 101 Å². The zero-order chi connectivity index (χ0) is 34.5. The van der Waals surface area contributed by atoms with Gasteiger partial charge in [0.15, 0.2) is 5.17 Å². The number of hydrogen-bond acceptors (Lipinski definition) is 8. The molecule has 2 aliphatic heterocycles. The Morgan fingerprint density at radius 2 is 1.82 bits per heavy atom. The van der Waals surface area contributed by atoms with Crippen molar-refractivity contribution >= 4 is 46.2 Å². The van der Waals surface area contributed by atoms with Gasteiger partial charge >= 0.3 is 12.3 Å². The summed E-state index contributed by atoms with van der Waals surface area (Å²) in [5, 5.41) is 2.24. The fourth-order valence-corrected chi connectivity index (χ4v) is 6.70. The van der Waals surface area contributed by atoms with Gasteiger partial charge in [-0.05, 0) is 66.4 Å². The van der Waals surface area contributed by atoms with Crippen molar-refractivity contribution in [3.05, 3.63) is 114 Å². The second kappa shape index (κ2) is 14.5. The maximum atomic E-state index is 13.7. The highest BCUT2D eigenvalue weighted by Crippen LogP contribution is 2.43. The summed E-state index contributed by atoms with van der Waals surface area (Å²) >= 11 is 1.08. The summed E-state index contributed by atoms with van der Waals surface area (Å²) in [6.07, 6.45) is -2.56. The molecule has 3 amide bonds. The average Bonchev–Trinajstić information content (AvgIpc) is 3.87. The molecule has 0 bridgehead atoms. The summed E-state index contributed by atoms with van der Waals surface area (Å²) in [5.41, 5.74) is 0.904. The van der Waals surface area contributed by atoms with E-state index in [2.05, 4.69) is 10.3 Å². The van der Waals surface area contributed by atoms with Gasteiger partial charge < -0.3 is 19.2 Å². The van der Waals surface area contributed by atoms with E-state index >= 15 is 0 Å². The quantitative estimate of drug-likeness (QED) is 0.193. The Kier molecular flexibility index (Phi) is 9.95. The number of amides is 3. The van der Waals surface area contributed by atoms with E-state index in [9.17, 15) is 27.6 Å². The molecule has 10 nitrogen and oxygen atoms in total. The van der Waals surface area contributed by atoms with Crippen LogP contribution in [0.5, 0.6) is 5.75 Å². The van der Waals surface area contributed by atoms with Crippen molar-refractivity contribution in [2.75, 3.05) is 19.0 Å². The van der Waals surface area contributed by atoms with Crippen molar-refractivity contribution in [1.29, 1.82) is 0 Å². The van der Waals surface area contributed by atoms with Gasteiger partial charge in [0.05, 0.1) is 25.5 Å². The third-order valence-electron chi connectivity index (χ3n) is 8.04. The van der Waals surface area contributed by atoms with Gasteiger partial charge in [-0.3, -0.25) is 19.4 Å². The van der Waals surface area contributed by atoms with Crippen LogP contribution < -0.4 is 10.1 Å². The van der Waals surface area contributed by atoms with Gasteiger partial charge in [0.25, 0.3) is 0 Å². The topological polar surface area (TPSA) is 114 Å². The summed E-state index contributed by atoms with van der Waals surface area (Å²) < 4.78 is 56.7. The Balaban J connectivity index is 1.17. The number of amidine groups is 1. The van der Waals surface area contributed by atoms with E-state index in [1.54, 1.807) is 36.4 Å². The Morgan fingerprint density at radius 1 is 1.04 bits per heavy atom. The minimum absolute atomic E-state index is 0.00918. The summed E-state index contributed by atoms with van der Waals surface area (Å²) in [4.78, 5) is 47.0. The molecule has 3 heterocycles.